The number of esters is 1. The van der Waals surface area contributed by atoms with Gasteiger partial charge in [0.25, 0.3) is 0 Å². The minimum atomic E-state index is -0.581. The van der Waals surface area contributed by atoms with Gasteiger partial charge in [0.2, 0.25) is 0 Å². The van der Waals surface area contributed by atoms with Crippen molar-refractivity contribution in [3.8, 4) is 11.5 Å². The molecule has 0 aliphatic rings. The quantitative estimate of drug-likeness (QED) is 0.127. The standard InChI is InChI=1S/C37H32N2O5/c1-42-32-22-17-27(18-23-32)14-13-26-15-19-30(20-16-26)38-37(41)39-31-21-24-34(33(25-31)36(40)43-2)44-35(28-9-5-3-6-10-28)29-11-7-4-8-12-29/h3-25,35H,1-2H3,(H2,38,39,41)/b14-13+. The van der Waals surface area contributed by atoms with Gasteiger partial charge in [-0.1, -0.05) is 97.1 Å². The number of nitrogens with one attached hydrogen (secondary N) is 2. The zero-order valence-electron chi connectivity index (χ0n) is 24.4. The molecule has 7 heteroatoms. The summed E-state index contributed by atoms with van der Waals surface area (Å²) < 4.78 is 16.7. The first-order valence-electron chi connectivity index (χ1n) is 14.0. The highest BCUT2D eigenvalue weighted by molar-refractivity contribution is 6.01. The maximum absolute atomic E-state index is 12.8. The number of benzene rings is 5. The van der Waals surface area contributed by atoms with Crippen LogP contribution >= 0.6 is 0 Å². The fourth-order valence-electron chi connectivity index (χ4n) is 4.57. The van der Waals surface area contributed by atoms with Gasteiger partial charge in [-0.05, 0) is 64.7 Å². The van der Waals surface area contributed by atoms with Gasteiger partial charge in [-0.2, -0.15) is 0 Å². The Morgan fingerprint density at radius 1 is 0.636 bits per heavy atom. The number of carbonyl (C=O) groups excluding carboxylic acids is 2. The predicted octanol–water partition coefficient (Wildman–Crippen LogP) is 8.46. The molecule has 0 bridgehead atoms. The van der Waals surface area contributed by atoms with Gasteiger partial charge in [0.1, 0.15) is 23.2 Å². The number of anilines is 2. The average Bonchev–Trinajstić information content (AvgIpc) is 3.08. The van der Waals surface area contributed by atoms with Crippen molar-refractivity contribution >= 4 is 35.5 Å². The molecule has 5 aromatic carbocycles. The lowest BCUT2D eigenvalue weighted by Crippen LogP contribution is -2.20. The van der Waals surface area contributed by atoms with Crippen molar-refractivity contribution in [2.75, 3.05) is 24.9 Å². The van der Waals surface area contributed by atoms with Gasteiger partial charge in [0, 0.05) is 11.4 Å². The maximum atomic E-state index is 12.8. The van der Waals surface area contributed by atoms with Crippen LogP contribution in [0.4, 0.5) is 16.2 Å². The molecule has 7 nitrogen and oxygen atoms in total. The molecular weight excluding hydrogens is 552 g/mol. The predicted molar refractivity (Wildman–Crippen MR) is 174 cm³/mol. The molecule has 0 saturated carbocycles. The van der Waals surface area contributed by atoms with E-state index in [0.717, 1.165) is 28.0 Å². The van der Waals surface area contributed by atoms with E-state index in [1.54, 1.807) is 25.3 Å². The monoisotopic (exact) mass is 584 g/mol. The van der Waals surface area contributed by atoms with Crippen LogP contribution < -0.4 is 20.1 Å². The molecular formula is C37H32N2O5. The summed E-state index contributed by atoms with van der Waals surface area (Å²) in [6, 6.07) is 39.2. The lowest BCUT2D eigenvalue weighted by Gasteiger charge is -2.22. The summed E-state index contributed by atoms with van der Waals surface area (Å²) in [5.41, 5.74) is 5.10. The first-order valence-corrected chi connectivity index (χ1v) is 14.0. The molecule has 220 valence electrons. The van der Waals surface area contributed by atoms with Crippen LogP contribution in [0.3, 0.4) is 0 Å². The van der Waals surface area contributed by atoms with Crippen molar-refractivity contribution in [2.45, 2.75) is 6.10 Å². The van der Waals surface area contributed by atoms with Gasteiger partial charge in [0.15, 0.2) is 0 Å². The van der Waals surface area contributed by atoms with Gasteiger partial charge in [-0.25, -0.2) is 9.59 Å². The Morgan fingerprint density at radius 2 is 1.16 bits per heavy atom. The van der Waals surface area contributed by atoms with E-state index in [1.165, 1.54) is 7.11 Å². The van der Waals surface area contributed by atoms with Gasteiger partial charge < -0.3 is 24.8 Å². The van der Waals surface area contributed by atoms with Gasteiger partial charge in [0.05, 0.1) is 14.2 Å². The van der Waals surface area contributed by atoms with Crippen LogP contribution in [0.1, 0.15) is 38.7 Å². The van der Waals surface area contributed by atoms with Crippen LogP contribution in [-0.4, -0.2) is 26.2 Å². The fourth-order valence-corrected chi connectivity index (χ4v) is 4.57. The third-order valence-corrected chi connectivity index (χ3v) is 6.84. The van der Waals surface area contributed by atoms with E-state index in [1.807, 2.05) is 121 Å². The summed E-state index contributed by atoms with van der Waals surface area (Å²) in [7, 11) is 2.95. The third-order valence-electron chi connectivity index (χ3n) is 6.84. The van der Waals surface area contributed by atoms with E-state index in [-0.39, 0.29) is 5.56 Å². The van der Waals surface area contributed by atoms with Crippen molar-refractivity contribution < 1.29 is 23.8 Å². The Kier molecular flexibility index (Phi) is 9.69. The first-order chi connectivity index (χ1) is 21.5. The normalized spacial score (nSPS) is 10.8. The highest BCUT2D eigenvalue weighted by Gasteiger charge is 2.21. The molecule has 0 heterocycles. The molecule has 5 rings (SSSR count). The van der Waals surface area contributed by atoms with Gasteiger partial charge in [-0.15, -0.1) is 0 Å². The number of carbonyl (C=O) groups is 2. The van der Waals surface area contributed by atoms with Crippen molar-refractivity contribution in [2.24, 2.45) is 0 Å². The second-order valence-corrected chi connectivity index (χ2v) is 9.83. The minimum absolute atomic E-state index is 0.190. The lowest BCUT2D eigenvalue weighted by atomic mass is 10.0. The van der Waals surface area contributed by atoms with Crippen LogP contribution in [0.5, 0.6) is 11.5 Å². The van der Waals surface area contributed by atoms with Crippen LogP contribution in [0.2, 0.25) is 0 Å². The zero-order chi connectivity index (χ0) is 30.7. The van der Waals surface area contributed by atoms with E-state index in [2.05, 4.69) is 10.6 Å². The number of hydrogen-bond donors (Lipinski definition) is 2. The summed E-state index contributed by atoms with van der Waals surface area (Å²) in [5, 5.41) is 5.61. The van der Waals surface area contributed by atoms with E-state index in [9.17, 15) is 9.59 Å². The van der Waals surface area contributed by atoms with E-state index < -0.39 is 18.1 Å². The Balaban J connectivity index is 1.27. The highest BCUT2D eigenvalue weighted by Crippen LogP contribution is 2.32. The van der Waals surface area contributed by atoms with Crippen LogP contribution in [0.15, 0.2) is 127 Å². The van der Waals surface area contributed by atoms with Crippen molar-refractivity contribution in [1.82, 2.24) is 0 Å². The minimum Gasteiger partial charge on any atom is -0.497 e. The Labute approximate surface area is 256 Å². The van der Waals surface area contributed by atoms with Crippen molar-refractivity contribution in [3.05, 3.63) is 155 Å². The van der Waals surface area contributed by atoms with E-state index in [0.29, 0.717) is 17.1 Å². The zero-order valence-corrected chi connectivity index (χ0v) is 24.4. The number of urea groups is 1. The van der Waals surface area contributed by atoms with Crippen molar-refractivity contribution in [3.63, 3.8) is 0 Å². The summed E-state index contributed by atoms with van der Waals surface area (Å²) in [6.07, 6.45) is 3.53. The summed E-state index contributed by atoms with van der Waals surface area (Å²) in [4.78, 5) is 25.6. The summed E-state index contributed by atoms with van der Waals surface area (Å²) in [5.74, 6) is 0.558. The SMILES string of the molecule is COC(=O)c1cc(NC(=O)Nc2ccc(/C=C/c3ccc(OC)cc3)cc2)ccc1OC(c1ccccc1)c1ccccc1. The van der Waals surface area contributed by atoms with E-state index >= 15 is 0 Å². The molecule has 0 atom stereocenters. The number of methoxy groups -OCH3 is 2. The summed E-state index contributed by atoms with van der Waals surface area (Å²) in [6.45, 7) is 0. The second-order valence-electron chi connectivity index (χ2n) is 9.83. The average molecular weight is 585 g/mol. The first kappa shape index (κ1) is 29.7. The Morgan fingerprint density at radius 3 is 1.70 bits per heavy atom. The number of rotatable bonds is 10. The topological polar surface area (TPSA) is 85.9 Å². The highest BCUT2D eigenvalue weighted by atomic mass is 16.5. The molecule has 5 aromatic rings. The second kappa shape index (κ2) is 14.4. The molecule has 0 unspecified atom stereocenters. The molecule has 0 radical (unpaired) electrons. The molecule has 0 fully saturated rings. The molecule has 0 aliphatic heterocycles. The van der Waals surface area contributed by atoms with Crippen LogP contribution in [-0.2, 0) is 4.74 Å². The van der Waals surface area contributed by atoms with Crippen LogP contribution in [0.25, 0.3) is 12.2 Å². The molecule has 0 spiro atoms. The number of ether oxygens (including phenoxy) is 3. The van der Waals surface area contributed by atoms with Gasteiger partial charge in [-0.3, -0.25) is 0 Å². The molecule has 2 N–H and O–H groups in total. The number of amides is 2. The molecule has 0 saturated heterocycles. The lowest BCUT2D eigenvalue weighted by molar-refractivity contribution is 0.0594. The molecule has 0 aromatic heterocycles. The Bertz CT molecular complexity index is 1680. The smallest absolute Gasteiger partial charge is 0.341 e. The van der Waals surface area contributed by atoms with Crippen LogP contribution in [0, 0.1) is 0 Å². The van der Waals surface area contributed by atoms with Crippen molar-refractivity contribution in [1.29, 1.82) is 0 Å². The van der Waals surface area contributed by atoms with Gasteiger partial charge >= 0.3 is 12.0 Å². The fraction of sp³-hybridized carbons (Fsp3) is 0.0811. The number of hydrogen-bond acceptors (Lipinski definition) is 5. The largest absolute Gasteiger partial charge is 0.497 e. The Hall–Kier alpha value is -5.82. The summed E-state index contributed by atoms with van der Waals surface area (Å²) >= 11 is 0. The third kappa shape index (κ3) is 7.72. The molecule has 0 aliphatic carbocycles. The molecule has 2 amide bonds. The maximum Gasteiger partial charge on any atom is 0.341 e. The molecule has 44 heavy (non-hydrogen) atoms. The van der Waals surface area contributed by atoms with E-state index in [4.69, 9.17) is 14.2 Å².